The van der Waals surface area contributed by atoms with Gasteiger partial charge in [0.25, 0.3) is 5.91 Å². The van der Waals surface area contributed by atoms with E-state index in [0.717, 1.165) is 31.5 Å². The first-order chi connectivity index (χ1) is 12.1. The maximum Gasteiger partial charge on any atom is 0.492 e. The molecule has 0 spiro atoms. The highest BCUT2D eigenvalue weighted by Gasteiger charge is 2.18. The highest BCUT2D eigenvalue weighted by Crippen LogP contribution is 2.15. The molecule has 0 radical (unpaired) electrons. The lowest BCUT2D eigenvalue weighted by Crippen LogP contribution is -2.35. The van der Waals surface area contributed by atoms with Crippen LogP contribution >= 0.6 is 0 Å². The molecule has 1 amide bonds. The van der Waals surface area contributed by atoms with Crippen molar-refractivity contribution in [2.75, 3.05) is 13.1 Å². The first-order valence-electron chi connectivity index (χ1n) is 8.61. The fourth-order valence-electron chi connectivity index (χ4n) is 3.01. The largest absolute Gasteiger partial charge is 0.492 e. The lowest BCUT2D eigenvalue weighted by Gasteiger charge is -2.26. The molecule has 1 heterocycles. The molecule has 130 valence electrons. The zero-order valence-corrected chi connectivity index (χ0v) is 14.1. The molecule has 1 aliphatic rings. The Kier molecular flexibility index (Phi) is 5.73. The topological polar surface area (TPSA) is 70.0 Å². The third kappa shape index (κ3) is 4.41. The number of para-hydroxylation sites is 1. The van der Waals surface area contributed by atoms with Crippen LogP contribution in [0, 0.1) is 0 Å². The highest BCUT2D eigenvalue weighted by atomic mass is 16.5. The van der Waals surface area contributed by atoms with E-state index in [9.17, 15) is 14.8 Å². The number of ether oxygens (including phenoxy) is 1. The summed E-state index contributed by atoms with van der Waals surface area (Å²) in [5.41, 5.74) is 1.94. The summed E-state index contributed by atoms with van der Waals surface area (Å²) >= 11 is 0. The van der Waals surface area contributed by atoms with Gasteiger partial charge in [0.2, 0.25) is 0 Å². The summed E-state index contributed by atoms with van der Waals surface area (Å²) in [7, 11) is -1.57. The molecule has 0 aromatic heterocycles. The van der Waals surface area contributed by atoms with Gasteiger partial charge in [0.15, 0.2) is 0 Å². The van der Waals surface area contributed by atoms with Crippen molar-refractivity contribution >= 4 is 18.5 Å². The van der Waals surface area contributed by atoms with Gasteiger partial charge in [0.1, 0.15) is 12.4 Å². The Labute approximate surface area is 148 Å². The van der Waals surface area contributed by atoms with Crippen LogP contribution in [0.25, 0.3) is 0 Å². The average molecular weight is 339 g/mol. The average Bonchev–Trinajstić information content (AvgIpc) is 2.67. The Morgan fingerprint density at radius 3 is 2.36 bits per heavy atom. The van der Waals surface area contributed by atoms with Crippen LogP contribution in [0.5, 0.6) is 5.75 Å². The molecule has 0 saturated carbocycles. The molecule has 2 aromatic carbocycles. The predicted molar refractivity (Wildman–Crippen MR) is 96.8 cm³/mol. The molecule has 2 aromatic rings. The number of benzene rings is 2. The Hall–Kier alpha value is -2.31. The van der Waals surface area contributed by atoms with Crippen LogP contribution in [-0.2, 0) is 6.61 Å². The van der Waals surface area contributed by atoms with E-state index in [1.807, 2.05) is 29.2 Å². The summed E-state index contributed by atoms with van der Waals surface area (Å²) in [5, 5.41) is 18.7. The zero-order valence-electron chi connectivity index (χ0n) is 14.1. The standard InChI is InChI=1S/C19H22BNO4/c22-19(21-12-4-1-5-13-21)16-10-8-15(9-11-16)14-25-18-7-3-2-6-17(18)20(23)24/h2-3,6-11,23-24H,1,4-5,12-14H2. The van der Waals surface area contributed by atoms with Gasteiger partial charge in [-0.3, -0.25) is 4.79 Å². The van der Waals surface area contributed by atoms with E-state index in [1.54, 1.807) is 24.3 Å². The van der Waals surface area contributed by atoms with Gasteiger partial charge in [-0.05, 0) is 43.0 Å². The van der Waals surface area contributed by atoms with Crippen molar-refractivity contribution in [3.8, 4) is 5.75 Å². The number of amides is 1. The maximum atomic E-state index is 12.4. The lowest BCUT2D eigenvalue weighted by atomic mass is 9.79. The third-order valence-corrected chi connectivity index (χ3v) is 4.44. The van der Waals surface area contributed by atoms with Crippen LogP contribution in [0.4, 0.5) is 0 Å². The fraction of sp³-hybridized carbons (Fsp3) is 0.316. The smallest absolute Gasteiger partial charge is 0.489 e. The zero-order chi connectivity index (χ0) is 17.6. The van der Waals surface area contributed by atoms with E-state index >= 15 is 0 Å². The summed E-state index contributed by atoms with van der Waals surface area (Å²) < 4.78 is 5.69. The normalized spacial score (nSPS) is 14.2. The molecule has 0 unspecified atom stereocenters. The molecule has 0 atom stereocenters. The van der Waals surface area contributed by atoms with Gasteiger partial charge < -0.3 is 19.7 Å². The van der Waals surface area contributed by atoms with E-state index < -0.39 is 7.12 Å². The van der Waals surface area contributed by atoms with E-state index in [-0.39, 0.29) is 5.91 Å². The monoisotopic (exact) mass is 339 g/mol. The molecule has 1 aliphatic heterocycles. The van der Waals surface area contributed by atoms with E-state index in [2.05, 4.69) is 0 Å². The number of likely N-dealkylation sites (tertiary alicyclic amines) is 1. The van der Waals surface area contributed by atoms with Crippen LogP contribution in [0.1, 0.15) is 35.2 Å². The van der Waals surface area contributed by atoms with E-state index in [0.29, 0.717) is 23.4 Å². The van der Waals surface area contributed by atoms with Crippen molar-refractivity contribution in [2.24, 2.45) is 0 Å². The van der Waals surface area contributed by atoms with Gasteiger partial charge in [-0.2, -0.15) is 0 Å². The summed E-state index contributed by atoms with van der Waals surface area (Å²) in [4.78, 5) is 14.4. The second-order valence-electron chi connectivity index (χ2n) is 6.25. The number of hydrogen-bond acceptors (Lipinski definition) is 4. The summed E-state index contributed by atoms with van der Waals surface area (Å²) in [5.74, 6) is 0.520. The Morgan fingerprint density at radius 2 is 1.68 bits per heavy atom. The molecule has 0 bridgehead atoms. The SMILES string of the molecule is O=C(c1ccc(COc2ccccc2B(O)O)cc1)N1CCCCC1. The van der Waals surface area contributed by atoms with Crippen molar-refractivity contribution in [1.29, 1.82) is 0 Å². The van der Waals surface area contributed by atoms with Crippen LogP contribution in [-0.4, -0.2) is 41.1 Å². The number of nitrogens with zero attached hydrogens (tertiary/aromatic N) is 1. The van der Waals surface area contributed by atoms with Gasteiger partial charge in [-0.25, -0.2) is 0 Å². The summed E-state index contributed by atoms with van der Waals surface area (Å²) in [6, 6.07) is 14.2. The molecule has 3 rings (SSSR count). The van der Waals surface area contributed by atoms with Gasteiger partial charge in [0.05, 0.1) is 0 Å². The number of carbonyl (C=O) groups is 1. The van der Waals surface area contributed by atoms with Crippen LogP contribution in [0.15, 0.2) is 48.5 Å². The Morgan fingerprint density at radius 1 is 1.00 bits per heavy atom. The van der Waals surface area contributed by atoms with Crippen molar-refractivity contribution < 1.29 is 19.6 Å². The molecule has 2 N–H and O–H groups in total. The van der Waals surface area contributed by atoms with Gasteiger partial charge in [0, 0.05) is 24.1 Å². The fourth-order valence-corrected chi connectivity index (χ4v) is 3.01. The molecule has 1 saturated heterocycles. The minimum absolute atomic E-state index is 0.0842. The Bertz CT molecular complexity index is 712. The first kappa shape index (κ1) is 17.5. The lowest BCUT2D eigenvalue weighted by molar-refractivity contribution is 0.0724. The highest BCUT2D eigenvalue weighted by molar-refractivity contribution is 6.59. The molecule has 6 heteroatoms. The van der Waals surface area contributed by atoms with E-state index in [1.165, 1.54) is 6.42 Å². The van der Waals surface area contributed by atoms with E-state index in [4.69, 9.17) is 4.74 Å². The van der Waals surface area contributed by atoms with Crippen LogP contribution < -0.4 is 10.2 Å². The first-order valence-corrected chi connectivity index (χ1v) is 8.61. The molecule has 5 nitrogen and oxygen atoms in total. The summed E-state index contributed by atoms with van der Waals surface area (Å²) in [6.07, 6.45) is 3.35. The van der Waals surface area contributed by atoms with Crippen molar-refractivity contribution in [3.05, 3.63) is 59.7 Å². The van der Waals surface area contributed by atoms with Gasteiger partial charge in [-0.15, -0.1) is 0 Å². The van der Waals surface area contributed by atoms with Crippen molar-refractivity contribution in [2.45, 2.75) is 25.9 Å². The van der Waals surface area contributed by atoms with Crippen molar-refractivity contribution in [3.63, 3.8) is 0 Å². The maximum absolute atomic E-state index is 12.4. The molecular formula is C19H22BNO4. The van der Waals surface area contributed by atoms with Crippen LogP contribution in [0.2, 0.25) is 0 Å². The number of carbonyl (C=O) groups excluding carboxylic acids is 1. The minimum Gasteiger partial charge on any atom is -0.489 e. The molecule has 25 heavy (non-hydrogen) atoms. The Balaban J connectivity index is 1.62. The van der Waals surface area contributed by atoms with Crippen molar-refractivity contribution in [1.82, 2.24) is 4.90 Å². The van der Waals surface area contributed by atoms with Gasteiger partial charge >= 0.3 is 7.12 Å². The van der Waals surface area contributed by atoms with Crippen LogP contribution in [0.3, 0.4) is 0 Å². The number of rotatable bonds is 5. The molecule has 0 aliphatic carbocycles. The second kappa shape index (κ2) is 8.18. The third-order valence-electron chi connectivity index (χ3n) is 4.44. The number of hydrogen-bond donors (Lipinski definition) is 2. The summed E-state index contributed by atoms with van der Waals surface area (Å²) in [6.45, 7) is 1.97. The molecule has 1 fully saturated rings. The second-order valence-corrected chi connectivity index (χ2v) is 6.25. The minimum atomic E-state index is -1.57. The number of piperidine rings is 1. The predicted octanol–water partition coefficient (Wildman–Crippen LogP) is 1.57. The quantitative estimate of drug-likeness (QED) is 0.812. The van der Waals surface area contributed by atoms with Gasteiger partial charge in [-0.1, -0.05) is 30.3 Å². The molecular weight excluding hydrogens is 317 g/mol.